The molecule has 0 N–H and O–H groups in total. The Labute approximate surface area is 335 Å². The van der Waals surface area contributed by atoms with Crippen molar-refractivity contribution >= 4 is 35.6 Å². The molecule has 1 aromatic heterocycles. The maximum Gasteiger partial charge on any atom is 0.319 e. The molecule has 4 heterocycles. The third kappa shape index (κ3) is 6.71. The molecule has 57 heavy (non-hydrogen) atoms. The van der Waals surface area contributed by atoms with Gasteiger partial charge in [0.2, 0.25) is 0 Å². The Hall–Kier alpha value is -4.05. The minimum absolute atomic E-state index is 0.00999. The average molecular weight is 801 g/mol. The lowest BCUT2D eigenvalue weighted by Gasteiger charge is -2.38. The molecule has 0 spiro atoms. The highest BCUT2D eigenvalue weighted by molar-refractivity contribution is 6.90. The van der Waals surface area contributed by atoms with E-state index in [1.165, 1.54) is 13.2 Å². The number of anilines is 1. The first kappa shape index (κ1) is 39.8. The molecule has 8 nitrogen and oxygen atoms in total. The zero-order valence-electron chi connectivity index (χ0n) is 34.5. The van der Waals surface area contributed by atoms with Gasteiger partial charge in [0.15, 0.2) is 12.6 Å². The number of aromatic nitrogens is 2. The minimum Gasteiger partial charge on any atom is -0.487 e. The number of alkyl halides is 1. The Bertz CT molecular complexity index is 2240. The van der Waals surface area contributed by atoms with Crippen LogP contribution in [0, 0.1) is 23.1 Å². The summed E-state index contributed by atoms with van der Waals surface area (Å²) in [5.74, 6) is 3.68. The van der Waals surface area contributed by atoms with Crippen molar-refractivity contribution in [3.8, 4) is 40.1 Å². The average Bonchev–Trinajstić information content (AvgIpc) is 3.86. The fraction of sp³-hybridized carbons (Fsp3) is 0.556. The Balaban J connectivity index is 1.36. The van der Waals surface area contributed by atoms with Crippen LogP contribution in [0.3, 0.4) is 0 Å². The van der Waals surface area contributed by atoms with Gasteiger partial charge < -0.3 is 23.8 Å². The maximum absolute atomic E-state index is 17.8. The molecule has 1 saturated carbocycles. The number of methoxy groups -OCH3 is 1. The first-order valence-electron chi connectivity index (χ1n) is 20.6. The van der Waals surface area contributed by atoms with E-state index in [0.717, 1.165) is 38.6 Å². The SMILES string of the molecule is COCOc1cc(-c2cc3c4c(nc(OC[C@@]56CCCN5C[C@H](F)C6)nc4c2F)N(C)[C@@H]2CCC[C@@H]2O3)c2c(C#C[Si](C(C)C)(C(C)C)C(C)C)c(F)ccc2c1. The summed E-state index contributed by atoms with van der Waals surface area (Å²) in [7, 11) is 1.21. The largest absolute Gasteiger partial charge is 0.487 e. The van der Waals surface area contributed by atoms with Crippen LogP contribution in [-0.4, -0.2) is 87.4 Å². The van der Waals surface area contributed by atoms with Gasteiger partial charge in [0.1, 0.15) is 55.6 Å². The number of rotatable bonds is 10. The second-order valence-corrected chi connectivity index (χ2v) is 23.2. The second kappa shape index (κ2) is 15.3. The first-order valence-corrected chi connectivity index (χ1v) is 22.9. The molecule has 8 rings (SSSR count). The summed E-state index contributed by atoms with van der Waals surface area (Å²) < 4.78 is 73.2. The smallest absolute Gasteiger partial charge is 0.319 e. The lowest BCUT2D eigenvalue weighted by Crippen LogP contribution is -2.43. The number of halogens is 3. The van der Waals surface area contributed by atoms with Crippen LogP contribution in [0.5, 0.6) is 17.5 Å². The lowest BCUT2D eigenvalue weighted by atomic mass is 9.92. The van der Waals surface area contributed by atoms with Crippen LogP contribution < -0.4 is 19.1 Å². The number of fused-ring (bicyclic) bond motifs is 3. The number of nitrogens with zero attached hydrogens (tertiary/aromatic N) is 4. The van der Waals surface area contributed by atoms with Crippen LogP contribution in [0.25, 0.3) is 32.8 Å². The Kier molecular flexibility index (Phi) is 10.7. The van der Waals surface area contributed by atoms with Crippen LogP contribution in [0.15, 0.2) is 30.3 Å². The summed E-state index contributed by atoms with van der Waals surface area (Å²) in [6.07, 6.45) is 3.79. The topological polar surface area (TPSA) is 69.2 Å². The van der Waals surface area contributed by atoms with Gasteiger partial charge in [-0.3, -0.25) is 4.90 Å². The van der Waals surface area contributed by atoms with Crippen molar-refractivity contribution in [2.75, 3.05) is 45.5 Å². The molecule has 2 saturated heterocycles. The molecule has 0 radical (unpaired) electrons. The second-order valence-electron chi connectivity index (χ2n) is 17.6. The van der Waals surface area contributed by atoms with E-state index in [0.29, 0.717) is 68.6 Å². The molecule has 4 aromatic rings. The molecule has 0 bridgehead atoms. The minimum atomic E-state index is -2.29. The highest BCUT2D eigenvalue weighted by Crippen LogP contribution is 2.48. The van der Waals surface area contributed by atoms with Crippen molar-refractivity contribution in [3.05, 3.63) is 47.5 Å². The number of hydrogen-bond donors (Lipinski definition) is 0. The normalized spacial score (nSPS) is 23.3. The highest BCUT2D eigenvalue weighted by Gasteiger charge is 2.50. The van der Waals surface area contributed by atoms with E-state index >= 15 is 8.78 Å². The van der Waals surface area contributed by atoms with Gasteiger partial charge in [-0.25, -0.2) is 13.2 Å². The molecular formula is C45H55F3N4O4Si. The van der Waals surface area contributed by atoms with Crippen molar-refractivity contribution < 1.29 is 32.1 Å². The van der Waals surface area contributed by atoms with E-state index in [1.54, 1.807) is 18.2 Å². The van der Waals surface area contributed by atoms with Crippen LogP contribution in [-0.2, 0) is 4.74 Å². The molecule has 3 fully saturated rings. The van der Waals surface area contributed by atoms with E-state index < -0.39 is 31.4 Å². The lowest BCUT2D eigenvalue weighted by molar-refractivity contribution is 0.0512. The van der Waals surface area contributed by atoms with Gasteiger partial charge in [-0.05, 0) is 90.5 Å². The summed E-state index contributed by atoms with van der Waals surface area (Å²) in [4.78, 5) is 13.9. The van der Waals surface area contributed by atoms with Gasteiger partial charge in [-0.15, -0.1) is 5.54 Å². The fourth-order valence-electron chi connectivity index (χ4n) is 10.8. The molecule has 3 aromatic carbocycles. The summed E-state index contributed by atoms with van der Waals surface area (Å²) in [6, 6.07) is 8.39. The van der Waals surface area contributed by atoms with Gasteiger partial charge in [0, 0.05) is 38.1 Å². The van der Waals surface area contributed by atoms with Crippen molar-refractivity contribution in [1.29, 1.82) is 0 Å². The first-order chi connectivity index (χ1) is 27.3. The molecular weight excluding hydrogens is 746 g/mol. The number of likely N-dealkylation sites (N-methyl/N-ethyl adjacent to an activating group) is 1. The van der Waals surface area contributed by atoms with Crippen molar-refractivity contribution in [3.63, 3.8) is 0 Å². The predicted octanol–water partition coefficient (Wildman–Crippen LogP) is 9.99. The molecule has 12 heteroatoms. The van der Waals surface area contributed by atoms with Crippen molar-refractivity contribution in [1.82, 2.24) is 14.9 Å². The molecule has 3 aliphatic heterocycles. The Morgan fingerprint density at radius 1 is 0.965 bits per heavy atom. The van der Waals surface area contributed by atoms with Gasteiger partial charge in [0.25, 0.3) is 0 Å². The molecule has 0 unspecified atom stereocenters. The molecule has 1 aliphatic carbocycles. The third-order valence-electron chi connectivity index (χ3n) is 13.5. The summed E-state index contributed by atoms with van der Waals surface area (Å²) in [5.41, 5.74) is 5.08. The Morgan fingerprint density at radius 3 is 2.47 bits per heavy atom. The van der Waals surface area contributed by atoms with Crippen LogP contribution in [0.4, 0.5) is 19.0 Å². The van der Waals surface area contributed by atoms with E-state index in [-0.39, 0.29) is 48.2 Å². The zero-order valence-corrected chi connectivity index (χ0v) is 35.5. The van der Waals surface area contributed by atoms with Crippen molar-refractivity contribution in [2.45, 2.75) is 121 Å². The van der Waals surface area contributed by atoms with Gasteiger partial charge in [-0.1, -0.05) is 53.5 Å². The van der Waals surface area contributed by atoms with Crippen LogP contribution in [0.2, 0.25) is 16.6 Å². The third-order valence-corrected chi connectivity index (χ3v) is 19.8. The predicted molar refractivity (Wildman–Crippen MR) is 222 cm³/mol. The summed E-state index contributed by atoms with van der Waals surface area (Å²) in [5, 5.41) is 1.58. The summed E-state index contributed by atoms with van der Waals surface area (Å²) in [6.45, 7) is 14.7. The van der Waals surface area contributed by atoms with Crippen molar-refractivity contribution in [2.24, 2.45) is 0 Å². The molecule has 304 valence electrons. The monoisotopic (exact) mass is 800 g/mol. The van der Waals surface area contributed by atoms with E-state index in [4.69, 9.17) is 28.9 Å². The van der Waals surface area contributed by atoms with Gasteiger partial charge in [-0.2, -0.15) is 9.97 Å². The highest BCUT2D eigenvalue weighted by atomic mass is 28.3. The number of benzene rings is 3. The number of ether oxygens (including phenoxy) is 4. The Morgan fingerprint density at radius 2 is 1.74 bits per heavy atom. The van der Waals surface area contributed by atoms with Crippen LogP contribution in [0.1, 0.15) is 85.6 Å². The maximum atomic E-state index is 17.8. The van der Waals surface area contributed by atoms with E-state index in [2.05, 4.69) is 62.8 Å². The fourth-order valence-corrected chi connectivity index (χ4v) is 16.0. The van der Waals surface area contributed by atoms with Gasteiger partial charge >= 0.3 is 6.01 Å². The van der Waals surface area contributed by atoms with E-state index in [1.807, 2.05) is 13.1 Å². The van der Waals surface area contributed by atoms with E-state index in [9.17, 15) is 4.39 Å². The standard InChI is InChI=1S/C45H55F3N4O4Si/c1-26(2)57(27(3)4,28(5)6)18-15-32-35(47)14-13-29-19-31(55-25-53-8)20-33(39(29)32)34-21-38-40-42(41(34)48)49-44(50-43(40)51(7)36-11-9-12-37(36)56-38)54-24-45-16-10-17-52(45)23-30(46)22-45/h13-14,19-21,26-28,30,36-37H,9-12,16-17,22-25H2,1-8H3/t30-,36-,37+,45+/m1/s1. The molecule has 4 atom stereocenters. The molecule has 0 amide bonds. The zero-order chi connectivity index (χ0) is 40.4. The van der Waals surface area contributed by atoms with Gasteiger partial charge in [0.05, 0.1) is 22.5 Å². The summed E-state index contributed by atoms with van der Waals surface area (Å²) >= 11 is 0. The molecule has 4 aliphatic rings. The van der Waals surface area contributed by atoms with Crippen LogP contribution >= 0.6 is 0 Å². The quantitative estimate of drug-likeness (QED) is 0.0893. The number of hydrogen-bond acceptors (Lipinski definition) is 8.